The smallest absolute Gasteiger partial charge is 0.259 e. The predicted molar refractivity (Wildman–Crippen MR) is 225 cm³/mol. The summed E-state index contributed by atoms with van der Waals surface area (Å²) in [6.07, 6.45) is 0.918. The first-order valence-corrected chi connectivity index (χ1v) is 20.6. The number of ketones is 2. The van der Waals surface area contributed by atoms with Crippen molar-refractivity contribution in [1.29, 1.82) is 0 Å². The molecule has 2 aromatic heterocycles. The summed E-state index contributed by atoms with van der Waals surface area (Å²) in [7, 11) is 0. The molecule has 4 aromatic rings. The van der Waals surface area contributed by atoms with Gasteiger partial charge in [-0.2, -0.15) is 18.7 Å². The van der Waals surface area contributed by atoms with Crippen LogP contribution in [0.1, 0.15) is 96.0 Å². The van der Waals surface area contributed by atoms with Crippen molar-refractivity contribution < 1.29 is 56.3 Å². The lowest BCUT2D eigenvalue weighted by molar-refractivity contribution is -0.164. The molecule has 0 spiro atoms. The quantitative estimate of drug-likeness (QED) is 0.110. The Balaban J connectivity index is 1.36. The van der Waals surface area contributed by atoms with Crippen LogP contribution in [0.3, 0.4) is 0 Å². The van der Waals surface area contributed by atoms with Crippen LogP contribution in [0.5, 0.6) is 23.3 Å². The number of pyridine rings is 2. The molecule has 17 heteroatoms. The molecule has 0 bridgehead atoms. The van der Waals surface area contributed by atoms with Crippen molar-refractivity contribution in [2.45, 2.75) is 110 Å². The zero-order chi connectivity index (χ0) is 46.0. The molecule has 0 saturated carbocycles. The molecule has 330 valence electrons. The van der Waals surface area contributed by atoms with Gasteiger partial charge in [0.25, 0.3) is 11.8 Å². The second-order valence-corrected chi connectivity index (χ2v) is 17.9. The predicted octanol–water partition coefficient (Wildman–Crippen LogP) is 12.3. The third kappa shape index (κ3) is 8.51. The van der Waals surface area contributed by atoms with Crippen molar-refractivity contribution in [2.75, 3.05) is 0 Å². The minimum Gasteiger partial charge on any atom is -0.508 e. The second-order valence-electron chi connectivity index (χ2n) is 16.7. The highest BCUT2D eigenvalue weighted by molar-refractivity contribution is 6.48. The van der Waals surface area contributed by atoms with Crippen LogP contribution in [0.4, 0.5) is 17.6 Å². The Morgan fingerprint density at radius 3 is 1.77 bits per heavy atom. The molecule has 1 unspecified atom stereocenters. The van der Waals surface area contributed by atoms with Gasteiger partial charge in [-0.15, -0.1) is 0 Å². The Kier molecular flexibility index (Phi) is 12.6. The molecule has 2 aliphatic rings. The van der Waals surface area contributed by atoms with Gasteiger partial charge in [0.15, 0.2) is 23.2 Å². The Morgan fingerprint density at radius 1 is 0.661 bits per heavy atom. The summed E-state index contributed by atoms with van der Waals surface area (Å²) in [6, 6.07) is 9.06. The van der Waals surface area contributed by atoms with E-state index in [2.05, 4.69) is 9.97 Å². The molecule has 2 aliphatic heterocycles. The van der Waals surface area contributed by atoms with Gasteiger partial charge < -0.3 is 29.2 Å². The number of hydrogen-bond donors (Lipinski definition) is 2. The highest BCUT2D eigenvalue weighted by Crippen LogP contribution is 2.46. The van der Waals surface area contributed by atoms with E-state index in [9.17, 15) is 37.4 Å². The number of aryl methyl sites for hydroxylation is 2. The summed E-state index contributed by atoms with van der Waals surface area (Å²) in [5.41, 5.74) is -4.77. The van der Waals surface area contributed by atoms with E-state index in [-0.39, 0.29) is 74.6 Å². The van der Waals surface area contributed by atoms with E-state index >= 15 is 0 Å². The molecular formula is C45H43Cl3F4N2O8. The number of hydrogen-bond acceptors (Lipinski definition) is 10. The fourth-order valence-electron chi connectivity index (χ4n) is 7.71. The molecule has 2 aromatic carbocycles. The van der Waals surface area contributed by atoms with Crippen LogP contribution in [0.15, 0.2) is 47.9 Å². The number of benzene rings is 2. The highest BCUT2D eigenvalue weighted by Gasteiger charge is 2.50. The fourth-order valence-corrected chi connectivity index (χ4v) is 8.23. The molecular weight excluding hydrogens is 879 g/mol. The number of carbonyl (C=O) groups is 2. The maximum absolute atomic E-state index is 14.9. The Bertz CT molecular complexity index is 2610. The molecule has 0 aliphatic carbocycles. The van der Waals surface area contributed by atoms with E-state index in [0.717, 1.165) is 6.92 Å². The lowest BCUT2D eigenvalue weighted by Gasteiger charge is -2.43. The summed E-state index contributed by atoms with van der Waals surface area (Å²) in [6.45, 7) is 14.0. The van der Waals surface area contributed by atoms with E-state index in [1.165, 1.54) is 24.3 Å². The third-order valence-electron chi connectivity index (χ3n) is 10.9. The molecule has 6 rings (SSSR count). The maximum atomic E-state index is 14.9. The topological polar surface area (TPSA) is 137 Å². The number of halogens is 7. The van der Waals surface area contributed by atoms with E-state index in [1.54, 1.807) is 60.6 Å². The number of aromatic nitrogens is 2. The number of ether oxygens (including phenoxy) is 4. The van der Waals surface area contributed by atoms with Gasteiger partial charge >= 0.3 is 0 Å². The number of rotatable bonds is 11. The summed E-state index contributed by atoms with van der Waals surface area (Å²) in [4.78, 5) is 35.6. The number of aliphatic hydroxyl groups is 2. The van der Waals surface area contributed by atoms with Crippen LogP contribution < -0.4 is 9.47 Å². The van der Waals surface area contributed by atoms with Gasteiger partial charge in [0.1, 0.15) is 55.5 Å². The highest BCUT2D eigenvalue weighted by atomic mass is 35.5. The summed E-state index contributed by atoms with van der Waals surface area (Å²) < 4.78 is 81.3. The Labute approximate surface area is 370 Å². The average molecular weight is 922 g/mol. The van der Waals surface area contributed by atoms with Crippen molar-refractivity contribution in [3.05, 3.63) is 114 Å². The Morgan fingerprint density at radius 2 is 1.18 bits per heavy atom. The Hall–Kier alpha value is -4.73. The molecule has 4 heterocycles. The van der Waals surface area contributed by atoms with Gasteiger partial charge in [-0.1, -0.05) is 53.9 Å². The normalized spacial score (nSPS) is 19.6. The molecule has 0 amide bonds. The van der Waals surface area contributed by atoms with Gasteiger partial charge in [0.2, 0.25) is 11.8 Å². The number of Topliss-reactive ketones (excluding diaryl/α,β-unsaturated/α-hetero) is 2. The fraction of sp³-hybridized carbons (Fsp3) is 0.378. The summed E-state index contributed by atoms with van der Waals surface area (Å²) in [5.74, 6) is -8.44. The number of nitrogens with zero attached hydrogens (tertiary/aromatic N) is 2. The maximum Gasteiger partial charge on any atom is 0.259 e. The molecule has 2 N–H and O–H groups in total. The van der Waals surface area contributed by atoms with Crippen molar-refractivity contribution in [3.8, 4) is 23.3 Å². The number of aliphatic hydroxyl groups excluding tert-OH is 2. The minimum atomic E-state index is -1.55. The van der Waals surface area contributed by atoms with Crippen molar-refractivity contribution in [3.63, 3.8) is 0 Å². The minimum absolute atomic E-state index is 0.0482. The largest absolute Gasteiger partial charge is 0.508 e. The van der Waals surface area contributed by atoms with E-state index < -0.39 is 79.8 Å². The third-order valence-corrected chi connectivity index (χ3v) is 12.1. The van der Waals surface area contributed by atoms with Crippen LogP contribution >= 0.6 is 34.8 Å². The molecule has 10 nitrogen and oxygen atoms in total. The lowest BCUT2D eigenvalue weighted by atomic mass is 9.78. The van der Waals surface area contributed by atoms with Gasteiger partial charge in [-0.3, -0.25) is 9.59 Å². The van der Waals surface area contributed by atoms with E-state index in [0.29, 0.717) is 17.5 Å². The SMILES string of the molecule is CCc1ccc(Oc2nc(F)c(F)c(C)c2F)cc1C1=C(O)C(C)(C)OC(C)(CCCc2ccc(Oc3nc(F)c(Cl)c(Cl)c3Cl)cc2C2=C(O)C(C)(C)OC(C)(C)C2=O)C1=O. The zero-order valence-corrected chi connectivity index (χ0v) is 37.4. The zero-order valence-electron chi connectivity index (χ0n) is 35.2. The first kappa shape index (κ1) is 46.8. The van der Waals surface area contributed by atoms with Crippen LogP contribution in [0, 0.1) is 30.5 Å². The second kappa shape index (κ2) is 16.8. The van der Waals surface area contributed by atoms with Crippen molar-refractivity contribution in [2.24, 2.45) is 0 Å². The standard InChI is InChI=1S/C45H43Cl3F4N2O8/c1-10-21-13-15-24(60-41-33(50)20(2)32(49)39(52)54-41)18-25(21)28-36(57)44(7,8)62-45(9,37(28)58)17-11-12-22-14-16-23(59-40-31(48)29(46)30(47)38(51)53-40)19-26(22)27-34(55)42(3,4)61-43(5,6)35(27)56/h13-16,18-19,55,57H,10-12,17H2,1-9H3. The van der Waals surface area contributed by atoms with Crippen LogP contribution in [0.2, 0.25) is 15.1 Å². The number of carbonyl (C=O) groups excluding carboxylic acids is 2. The lowest BCUT2D eigenvalue weighted by Crippen LogP contribution is -2.51. The molecule has 0 fully saturated rings. The monoisotopic (exact) mass is 920 g/mol. The molecule has 1 atom stereocenters. The van der Waals surface area contributed by atoms with E-state index in [1.807, 2.05) is 6.92 Å². The van der Waals surface area contributed by atoms with Crippen LogP contribution in [-0.2, 0) is 31.9 Å². The average Bonchev–Trinajstić information content (AvgIpc) is 3.19. The van der Waals surface area contributed by atoms with E-state index in [4.69, 9.17) is 53.8 Å². The van der Waals surface area contributed by atoms with Gasteiger partial charge in [0, 0.05) is 5.56 Å². The molecule has 0 saturated heterocycles. The van der Waals surface area contributed by atoms with Gasteiger partial charge in [0.05, 0.1) is 16.2 Å². The summed E-state index contributed by atoms with van der Waals surface area (Å²) in [5, 5.41) is 22.1. The molecule has 62 heavy (non-hydrogen) atoms. The summed E-state index contributed by atoms with van der Waals surface area (Å²) >= 11 is 18.3. The van der Waals surface area contributed by atoms with Crippen molar-refractivity contribution in [1.82, 2.24) is 9.97 Å². The van der Waals surface area contributed by atoms with Crippen LogP contribution in [0.25, 0.3) is 11.1 Å². The van der Waals surface area contributed by atoms with Gasteiger partial charge in [-0.05, 0) is 128 Å². The van der Waals surface area contributed by atoms with Crippen molar-refractivity contribution >= 4 is 57.5 Å². The van der Waals surface area contributed by atoms with Gasteiger partial charge in [-0.25, -0.2) is 8.78 Å². The first-order chi connectivity index (χ1) is 28.7. The first-order valence-electron chi connectivity index (χ1n) is 19.4. The molecule has 0 radical (unpaired) electrons. The van der Waals surface area contributed by atoms with Crippen LogP contribution in [-0.4, -0.2) is 54.2 Å².